The Kier molecular flexibility index (Phi) is 5.30. The maximum Gasteiger partial charge on any atom is 0.405 e. The second-order valence-electron chi connectivity index (χ2n) is 6.87. The first-order valence-electron chi connectivity index (χ1n) is 9.38. The van der Waals surface area contributed by atoms with E-state index in [1.807, 2.05) is 31.2 Å². The first kappa shape index (κ1) is 19.4. The molecule has 0 unspecified atom stereocenters. The number of ether oxygens (including phenoxy) is 1. The summed E-state index contributed by atoms with van der Waals surface area (Å²) >= 11 is 0. The van der Waals surface area contributed by atoms with Gasteiger partial charge in [0.25, 0.3) is 5.91 Å². The molecule has 0 spiro atoms. The van der Waals surface area contributed by atoms with Crippen LogP contribution in [0.1, 0.15) is 39.8 Å². The molecule has 4 rings (SSSR count). The maximum absolute atomic E-state index is 12.8. The van der Waals surface area contributed by atoms with Gasteiger partial charge in [-0.15, -0.1) is 0 Å². The molecule has 3 aromatic rings. The Labute approximate surface area is 172 Å². The molecule has 0 saturated heterocycles. The zero-order valence-electron chi connectivity index (χ0n) is 16.2. The molecule has 0 aliphatic carbocycles. The zero-order chi connectivity index (χ0) is 21.1. The number of hydrogen-bond donors (Lipinski definition) is 0. The monoisotopic (exact) mass is 405 g/mol. The van der Waals surface area contributed by atoms with Crippen molar-refractivity contribution in [3.05, 3.63) is 94.8 Å². The molecule has 1 aliphatic rings. The van der Waals surface area contributed by atoms with E-state index in [1.165, 1.54) is 29.6 Å². The number of hydrazone groups is 1. The first-order chi connectivity index (χ1) is 14.5. The third-order valence-electron chi connectivity index (χ3n) is 4.78. The van der Waals surface area contributed by atoms with Gasteiger partial charge >= 0.3 is 11.7 Å². The number of furan rings is 1. The number of nitrogens with zero attached hydrogens (tertiary/aromatic N) is 3. The highest BCUT2D eigenvalue weighted by Crippen LogP contribution is 2.33. The molecule has 8 heteroatoms. The Morgan fingerprint density at radius 2 is 2.00 bits per heavy atom. The minimum Gasteiger partial charge on any atom is -0.618 e. The van der Waals surface area contributed by atoms with Gasteiger partial charge in [-0.05, 0) is 30.7 Å². The van der Waals surface area contributed by atoms with Gasteiger partial charge in [0.15, 0.2) is 12.8 Å². The standard InChI is InChI=1S/C22H19N3O5/c1-15-7-9-16(10-8-15)17-13-19(20-6-4-12-29-20)25(23-17)21(26)14-30-22(27)18-5-2-3-11-24(18)28/h2-12,19H,13-14H2,1H3/t19-/m1/s1. The molecule has 30 heavy (non-hydrogen) atoms. The Morgan fingerprint density at radius 3 is 2.70 bits per heavy atom. The van der Waals surface area contributed by atoms with Gasteiger partial charge in [-0.25, -0.2) is 9.80 Å². The lowest BCUT2D eigenvalue weighted by molar-refractivity contribution is -0.608. The molecule has 0 radical (unpaired) electrons. The van der Waals surface area contributed by atoms with E-state index < -0.39 is 24.5 Å². The molecule has 1 atom stereocenters. The van der Waals surface area contributed by atoms with Crippen molar-refractivity contribution in [3.8, 4) is 0 Å². The van der Waals surface area contributed by atoms with Crippen LogP contribution in [0.5, 0.6) is 0 Å². The Balaban J connectivity index is 1.52. The van der Waals surface area contributed by atoms with Crippen LogP contribution in [-0.2, 0) is 9.53 Å². The van der Waals surface area contributed by atoms with E-state index in [4.69, 9.17) is 9.15 Å². The van der Waals surface area contributed by atoms with Crippen molar-refractivity contribution >= 4 is 17.6 Å². The smallest absolute Gasteiger partial charge is 0.405 e. The number of hydrogen-bond acceptors (Lipinski definition) is 6. The molecular formula is C22H19N3O5. The second kappa shape index (κ2) is 8.20. The predicted molar refractivity (Wildman–Crippen MR) is 106 cm³/mol. The lowest BCUT2D eigenvalue weighted by atomic mass is 10.0. The first-order valence-corrected chi connectivity index (χ1v) is 9.38. The summed E-state index contributed by atoms with van der Waals surface area (Å²) in [4.78, 5) is 25.0. The van der Waals surface area contributed by atoms with Crippen LogP contribution < -0.4 is 4.73 Å². The summed E-state index contributed by atoms with van der Waals surface area (Å²) in [6.07, 6.45) is 3.18. The van der Waals surface area contributed by atoms with Crippen molar-refractivity contribution in [1.29, 1.82) is 0 Å². The van der Waals surface area contributed by atoms with Crippen LogP contribution in [0.15, 0.2) is 76.6 Å². The average molecular weight is 405 g/mol. The van der Waals surface area contributed by atoms with E-state index >= 15 is 0 Å². The van der Waals surface area contributed by atoms with Crippen molar-refractivity contribution in [2.24, 2.45) is 5.10 Å². The van der Waals surface area contributed by atoms with Crippen molar-refractivity contribution in [1.82, 2.24) is 5.01 Å². The third-order valence-corrected chi connectivity index (χ3v) is 4.78. The lowest BCUT2D eigenvalue weighted by Gasteiger charge is -2.19. The van der Waals surface area contributed by atoms with E-state index in [-0.39, 0.29) is 5.69 Å². The predicted octanol–water partition coefficient (Wildman–Crippen LogP) is 2.76. The Bertz CT molecular complexity index is 1090. The minimum absolute atomic E-state index is 0.196. The van der Waals surface area contributed by atoms with Gasteiger partial charge in [-0.1, -0.05) is 29.8 Å². The molecule has 152 valence electrons. The lowest BCUT2D eigenvalue weighted by Crippen LogP contribution is -2.36. The highest BCUT2D eigenvalue weighted by atomic mass is 16.5. The van der Waals surface area contributed by atoms with Crippen molar-refractivity contribution in [2.45, 2.75) is 19.4 Å². The molecule has 0 fully saturated rings. The molecule has 0 N–H and O–H groups in total. The topological polar surface area (TPSA) is 99.1 Å². The van der Waals surface area contributed by atoms with E-state index in [2.05, 4.69) is 5.10 Å². The molecule has 1 amide bonds. The number of amides is 1. The molecule has 1 aromatic carbocycles. The Hall–Kier alpha value is -3.94. The summed E-state index contributed by atoms with van der Waals surface area (Å²) in [6, 6.07) is 15.3. The van der Waals surface area contributed by atoms with Crippen molar-refractivity contribution in [3.63, 3.8) is 0 Å². The van der Waals surface area contributed by atoms with Gasteiger partial charge in [0.05, 0.1) is 12.0 Å². The van der Waals surface area contributed by atoms with Crippen LogP contribution in [0.25, 0.3) is 0 Å². The summed E-state index contributed by atoms with van der Waals surface area (Å²) in [7, 11) is 0. The third kappa shape index (κ3) is 3.93. The van der Waals surface area contributed by atoms with Crippen LogP contribution in [0.2, 0.25) is 0 Å². The number of pyridine rings is 1. The van der Waals surface area contributed by atoms with E-state index in [0.29, 0.717) is 16.9 Å². The Morgan fingerprint density at radius 1 is 1.20 bits per heavy atom. The highest BCUT2D eigenvalue weighted by molar-refractivity contribution is 6.03. The molecule has 8 nitrogen and oxygen atoms in total. The molecule has 2 aromatic heterocycles. The number of rotatable bonds is 5. The van der Waals surface area contributed by atoms with Gasteiger partial charge in [-0.2, -0.15) is 9.83 Å². The quantitative estimate of drug-likeness (QED) is 0.369. The van der Waals surface area contributed by atoms with Gasteiger partial charge in [-0.3, -0.25) is 4.79 Å². The normalized spacial score (nSPS) is 15.7. The number of aryl methyl sites for hydroxylation is 1. The number of carbonyl (C=O) groups is 2. The van der Waals surface area contributed by atoms with Gasteiger partial charge in [0.2, 0.25) is 0 Å². The SMILES string of the molecule is Cc1ccc(C2=NN(C(=O)COC(=O)c3cccc[n+]3[O-])[C@@H](c3ccco3)C2)cc1. The summed E-state index contributed by atoms with van der Waals surface area (Å²) in [5.74, 6) is -0.809. The zero-order valence-corrected chi connectivity index (χ0v) is 16.2. The fraction of sp³-hybridized carbons (Fsp3) is 0.182. The van der Waals surface area contributed by atoms with Crippen LogP contribution in [0.4, 0.5) is 0 Å². The number of carbonyl (C=O) groups excluding carboxylic acids is 2. The number of benzene rings is 1. The van der Waals surface area contributed by atoms with E-state index in [9.17, 15) is 14.8 Å². The summed E-state index contributed by atoms with van der Waals surface area (Å²) < 4.78 is 10.9. The van der Waals surface area contributed by atoms with E-state index in [0.717, 1.165) is 16.8 Å². The molecule has 3 heterocycles. The largest absolute Gasteiger partial charge is 0.618 e. The molecule has 0 saturated carbocycles. The van der Waals surface area contributed by atoms with Crippen LogP contribution in [0.3, 0.4) is 0 Å². The highest BCUT2D eigenvalue weighted by Gasteiger charge is 2.35. The van der Waals surface area contributed by atoms with Crippen LogP contribution in [-0.4, -0.2) is 29.2 Å². The molecular weight excluding hydrogens is 386 g/mol. The van der Waals surface area contributed by atoms with Crippen LogP contribution >= 0.6 is 0 Å². The molecule has 0 bridgehead atoms. The van der Waals surface area contributed by atoms with Crippen molar-refractivity contribution < 1.29 is 23.5 Å². The summed E-state index contributed by atoms with van der Waals surface area (Å²) in [5, 5.41) is 17.4. The van der Waals surface area contributed by atoms with Gasteiger partial charge < -0.3 is 14.4 Å². The van der Waals surface area contributed by atoms with Crippen LogP contribution in [0, 0.1) is 12.1 Å². The average Bonchev–Trinajstić information content (AvgIpc) is 3.42. The summed E-state index contributed by atoms with van der Waals surface area (Å²) in [6.45, 7) is 1.45. The van der Waals surface area contributed by atoms with Crippen molar-refractivity contribution in [2.75, 3.05) is 6.61 Å². The van der Waals surface area contributed by atoms with E-state index in [1.54, 1.807) is 18.2 Å². The second-order valence-corrected chi connectivity index (χ2v) is 6.87. The minimum atomic E-state index is -0.879. The fourth-order valence-electron chi connectivity index (χ4n) is 3.22. The summed E-state index contributed by atoms with van der Waals surface area (Å²) in [5.41, 5.74) is 2.56. The molecule has 1 aliphatic heterocycles. The number of esters is 1. The van der Waals surface area contributed by atoms with Gasteiger partial charge in [0, 0.05) is 18.6 Å². The fourth-order valence-corrected chi connectivity index (χ4v) is 3.22. The number of aromatic nitrogens is 1. The maximum atomic E-state index is 12.8. The van der Waals surface area contributed by atoms with Gasteiger partial charge in [0.1, 0.15) is 11.8 Å².